The molecule has 1 N–H and O–H groups in total. The lowest BCUT2D eigenvalue weighted by atomic mass is 9.95. The summed E-state index contributed by atoms with van der Waals surface area (Å²) in [6.45, 7) is 6.57. The topological polar surface area (TPSA) is 76.1 Å². The summed E-state index contributed by atoms with van der Waals surface area (Å²) < 4.78 is 11.1. The third-order valence-corrected chi connectivity index (χ3v) is 5.88. The Hall–Kier alpha value is -4.06. The summed E-state index contributed by atoms with van der Waals surface area (Å²) in [6.07, 6.45) is 0. The van der Waals surface area contributed by atoms with Crippen LogP contribution in [0.2, 0.25) is 0 Å². The molecule has 0 aliphatic carbocycles. The van der Waals surface area contributed by atoms with E-state index in [-0.39, 0.29) is 11.3 Å². The summed E-state index contributed by atoms with van der Waals surface area (Å²) in [5.41, 5.74) is 2.73. The first-order valence-electron chi connectivity index (χ1n) is 11.5. The SMILES string of the molecule is COc1ccc(C2/C(=C(/O)c3cccc(OCC(C)C)c3)C(=O)C(=O)N2c2ccc(C)cc2)cc1. The first-order valence-corrected chi connectivity index (χ1v) is 11.5. The van der Waals surface area contributed by atoms with Crippen molar-refractivity contribution in [3.63, 3.8) is 0 Å². The number of ketones is 1. The fourth-order valence-electron chi connectivity index (χ4n) is 4.06. The highest BCUT2D eigenvalue weighted by Gasteiger charge is 2.47. The van der Waals surface area contributed by atoms with Crippen molar-refractivity contribution in [3.8, 4) is 11.5 Å². The van der Waals surface area contributed by atoms with E-state index in [0.29, 0.717) is 40.8 Å². The molecule has 1 atom stereocenters. The number of hydrogen-bond acceptors (Lipinski definition) is 5. The molecule has 180 valence electrons. The molecule has 1 unspecified atom stereocenters. The second kappa shape index (κ2) is 10.1. The van der Waals surface area contributed by atoms with Gasteiger partial charge in [0, 0.05) is 11.3 Å². The second-order valence-corrected chi connectivity index (χ2v) is 9.01. The summed E-state index contributed by atoms with van der Waals surface area (Å²) >= 11 is 0. The predicted octanol–water partition coefficient (Wildman–Crippen LogP) is 5.66. The molecule has 3 aromatic carbocycles. The van der Waals surface area contributed by atoms with Crippen LogP contribution in [0.4, 0.5) is 5.69 Å². The van der Waals surface area contributed by atoms with Crippen LogP contribution in [0.5, 0.6) is 11.5 Å². The van der Waals surface area contributed by atoms with Gasteiger partial charge in [-0.05, 0) is 54.8 Å². The van der Waals surface area contributed by atoms with Gasteiger partial charge in [-0.3, -0.25) is 14.5 Å². The smallest absolute Gasteiger partial charge is 0.300 e. The average molecular weight is 472 g/mol. The van der Waals surface area contributed by atoms with E-state index in [4.69, 9.17) is 9.47 Å². The number of anilines is 1. The molecule has 1 heterocycles. The van der Waals surface area contributed by atoms with Gasteiger partial charge < -0.3 is 14.6 Å². The quantitative estimate of drug-likeness (QED) is 0.273. The molecule has 1 amide bonds. The van der Waals surface area contributed by atoms with Gasteiger partial charge in [0.1, 0.15) is 17.3 Å². The van der Waals surface area contributed by atoms with Gasteiger partial charge in [0.25, 0.3) is 11.7 Å². The van der Waals surface area contributed by atoms with Gasteiger partial charge in [-0.15, -0.1) is 0 Å². The molecule has 35 heavy (non-hydrogen) atoms. The summed E-state index contributed by atoms with van der Waals surface area (Å²) in [6, 6.07) is 20.6. The number of hydrogen-bond donors (Lipinski definition) is 1. The Morgan fingerprint density at radius 3 is 2.29 bits per heavy atom. The molecule has 4 rings (SSSR count). The molecule has 6 heteroatoms. The number of methoxy groups -OCH3 is 1. The first-order chi connectivity index (χ1) is 16.8. The van der Waals surface area contributed by atoms with Gasteiger partial charge in [-0.1, -0.05) is 55.8 Å². The third kappa shape index (κ3) is 4.92. The Kier molecular flexibility index (Phi) is 6.92. The Morgan fingerprint density at radius 2 is 1.66 bits per heavy atom. The number of carbonyl (C=O) groups is 2. The minimum absolute atomic E-state index is 0.0294. The molecule has 3 aromatic rings. The maximum absolute atomic E-state index is 13.3. The number of nitrogens with zero attached hydrogens (tertiary/aromatic N) is 1. The van der Waals surface area contributed by atoms with E-state index in [9.17, 15) is 14.7 Å². The standard InChI is InChI=1S/C29H29NO5/c1-18(2)17-35-24-7-5-6-21(16-24)27(31)25-26(20-10-14-23(34-4)15-11-20)30(29(33)28(25)32)22-12-8-19(3)9-13-22/h5-16,18,26,31H,17H2,1-4H3/b27-25-. The van der Waals surface area contributed by atoms with E-state index < -0.39 is 17.7 Å². The van der Waals surface area contributed by atoms with Gasteiger partial charge in [0.2, 0.25) is 0 Å². The molecule has 1 saturated heterocycles. The Labute approximate surface area is 205 Å². The van der Waals surface area contributed by atoms with Crippen LogP contribution >= 0.6 is 0 Å². The lowest BCUT2D eigenvalue weighted by Crippen LogP contribution is -2.29. The molecule has 0 saturated carbocycles. The lowest BCUT2D eigenvalue weighted by molar-refractivity contribution is -0.132. The van der Waals surface area contributed by atoms with Crippen molar-refractivity contribution in [2.75, 3.05) is 18.6 Å². The van der Waals surface area contributed by atoms with E-state index in [1.54, 1.807) is 67.8 Å². The average Bonchev–Trinajstić information content (AvgIpc) is 3.13. The zero-order valence-corrected chi connectivity index (χ0v) is 20.3. The minimum atomic E-state index is -0.802. The summed E-state index contributed by atoms with van der Waals surface area (Å²) in [5.74, 6) is -0.107. The molecule has 1 aliphatic heterocycles. The molecule has 1 fully saturated rings. The van der Waals surface area contributed by atoms with Crippen molar-refractivity contribution in [2.24, 2.45) is 5.92 Å². The van der Waals surface area contributed by atoms with Gasteiger partial charge in [0.15, 0.2) is 0 Å². The highest BCUT2D eigenvalue weighted by Crippen LogP contribution is 2.42. The van der Waals surface area contributed by atoms with Crippen molar-refractivity contribution in [3.05, 3.63) is 95.1 Å². The minimum Gasteiger partial charge on any atom is -0.507 e. The van der Waals surface area contributed by atoms with E-state index in [2.05, 4.69) is 0 Å². The number of Topliss-reactive ketones (excluding diaryl/α,β-unsaturated/α-hetero) is 1. The van der Waals surface area contributed by atoms with Crippen molar-refractivity contribution in [1.82, 2.24) is 0 Å². The maximum Gasteiger partial charge on any atom is 0.300 e. The van der Waals surface area contributed by atoms with Crippen molar-refractivity contribution < 1.29 is 24.2 Å². The summed E-state index contributed by atoms with van der Waals surface area (Å²) in [7, 11) is 1.57. The van der Waals surface area contributed by atoms with Crippen LogP contribution in [0.25, 0.3) is 5.76 Å². The lowest BCUT2D eigenvalue weighted by Gasteiger charge is -2.25. The molecule has 0 bridgehead atoms. The predicted molar refractivity (Wildman–Crippen MR) is 136 cm³/mol. The summed E-state index contributed by atoms with van der Waals surface area (Å²) in [5, 5.41) is 11.4. The third-order valence-electron chi connectivity index (χ3n) is 5.88. The molecule has 0 radical (unpaired) electrons. The van der Waals surface area contributed by atoms with Crippen LogP contribution in [0.15, 0.2) is 78.4 Å². The maximum atomic E-state index is 13.3. The molecule has 6 nitrogen and oxygen atoms in total. The number of aryl methyl sites for hydroxylation is 1. The molecular weight excluding hydrogens is 442 g/mol. The monoisotopic (exact) mass is 471 g/mol. The Balaban J connectivity index is 1.85. The normalized spacial score (nSPS) is 17.2. The number of aliphatic hydroxyl groups excluding tert-OH is 1. The van der Waals surface area contributed by atoms with Crippen LogP contribution in [-0.2, 0) is 9.59 Å². The van der Waals surface area contributed by atoms with Crippen LogP contribution in [0.3, 0.4) is 0 Å². The van der Waals surface area contributed by atoms with Crippen LogP contribution in [-0.4, -0.2) is 30.5 Å². The number of rotatable bonds is 7. The first kappa shape index (κ1) is 24.1. The molecule has 1 aliphatic rings. The molecule has 0 aromatic heterocycles. The number of amides is 1. The van der Waals surface area contributed by atoms with Gasteiger partial charge in [-0.25, -0.2) is 0 Å². The van der Waals surface area contributed by atoms with Crippen molar-refractivity contribution in [1.29, 1.82) is 0 Å². The highest BCUT2D eigenvalue weighted by molar-refractivity contribution is 6.51. The number of benzene rings is 3. The number of carbonyl (C=O) groups excluding carboxylic acids is 2. The molecular formula is C29H29NO5. The zero-order valence-electron chi connectivity index (χ0n) is 20.3. The van der Waals surface area contributed by atoms with E-state index in [1.807, 2.05) is 32.9 Å². The van der Waals surface area contributed by atoms with E-state index in [0.717, 1.165) is 5.56 Å². The van der Waals surface area contributed by atoms with Crippen LogP contribution in [0.1, 0.15) is 36.6 Å². The van der Waals surface area contributed by atoms with E-state index in [1.165, 1.54) is 4.90 Å². The largest absolute Gasteiger partial charge is 0.507 e. The van der Waals surface area contributed by atoms with Crippen molar-refractivity contribution >= 4 is 23.1 Å². The highest BCUT2D eigenvalue weighted by atomic mass is 16.5. The van der Waals surface area contributed by atoms with Crippen LogP contribution in [0, 0.1) is 12.8 Å². The number of aliphatic hydroxyl groups is 1. The van der Waals surface area contributed by atoms with E-state index >= 15 is 0 Å². The van der Waals surface area contributed by atoms with Crippen molar-refractivity contribution in [2.45, 2.75) is 26.8 Å². The fourth-order valence-corrected chi connectivity index (χ4v) is 4.06. The van der Waals surface area contributed by atoms with Crippen LogP contribution < -0.4 is 14.4 Å². The zero-order chi connectivity index (χ0) is 25.1. The van der Waals surface area contributed by atoms with Gasteiger partial charge in [0.05, 0.1) is 25.3 Å². The Morgan fingerprint density at radius 1 is 0.971 bits per heavy atom. The molecule has 0 spiro atoms. The second-order valence-electron chi connectivity index (χ2n) is 9.01. The van der Waals surface area contributed by atoms with Gasteiger partial charge in [-0.2, -0.15) is 0 Å². The number of ether oxygens (including phenoxy) is 2. The Bertz CT molecular complexity index is 1260. The fraction of sp³-hybridized carbons (Fsp3) is 0.241. The van der Waals surface area contributed by atoms with Gasteiger partial charge >= 0.3 is 0 Å². The summed E-state index contributed by atoms with van der Waals surface area (Å²) in [4.78, 5) is 28.0.